The molecular formula is C25H28N6O. The summed E-state index contributed by atoms with van der Waals surface area (Å²) in [5.74, 6) is 0.669. The van der Waals surface area contributed by atoms with E-state index >= 15 is 0 Å². The number of benzene rings is 2. The monoisotopic (exact) mass is 428 g/mol. The first-order chi connectivity index (χ1) is 15.2. The molecule has 0 bridgehead atoms. The van der Waals surface area contributed by atoms with Crippen molar-refractivity contribution in [2.45, 2.75) is 52.6 Å². The Morgan fingerprint density at radius 2 is 1.81 bits per heavy atom. The van der Waals surface area contributed by atoms with Crippen molar-refractivity contribution < 1.29 is 0 Å². The second-order valence-electron chi connectivity index (χ2n) is 9.67. The summed E-state index contributed by atoms with van der Waals surface area (Å²) >= 11 is 0. The van der Waals surface area contributed by atoms with Crippen LogP contribution in [-0.4, -0.2) is 31.7 Å². The zero-order valence-corrected chi connectivity index (χ0v) is 19.2. The number of hydrogen-bond acceptors (Lipinski definition) is 5. The van der Waals surface area contributed by atoms with Gasteiger partial charge >= 0.3 is 0 Å². The number of aryl methyl sites for hydroxylation is 2. The number of aromatic nitrogens is 5. The Balaban J connectivity index is 1.77. The predicted octanol–water partition coefficient (Wildman–Crippen LogP) is 4.04. The van der Waals surface area contributed by atoms with Crippen molar-refractivity contribution in [2.24, 2.45) is 0 Å². The number of rotatable bonds is 3. The zero-order chi connectivity index (χ0) is 22.6. The quantitative estimate of drug-likeness (QED) is 0.533. The van der Waals surface area contributed by atoms with Gasteiger partial charge in [0.15, 0.2) is 5.82 Å². The lowest BCUT2D eigenvalue weighted by molar-refractivity contribution is 0.329. The van der Waals surface area contributed by atoms with Gasteiger partial charge in [0, 0.05) is 23.3 Å². The molecule has 32 heavy (non-hydrogen) atoms. The first kappa shape index (κ1) is 20.4. The predicted molar refractivity (Wildman–Crippen MR) is 126 cm³/mol. The molecule has 3 heterocycles. The summed E-state index contributed by atoms with van der Waals surface area (Å²) in [5, 5.41) is 13.7. The maximum atomic E-state index is 13.4. The molecule has 0 saturated carbocycles. The SMILES string of the molecule is Cc1cc2cc(C(c3nnnn3C(C)(C)C)N3CCc4ccccc43)c(=O)[nH]c2cc1C. The number of H-pyrrole nitrogens is 1. The molecule has 0 amide bonds. The summed E-state index contributed by atoms with van der Waals surface area (Å²) in [6.45, 7) is 11.2. The van der Waals surface area contributed by atoms with Crippen molar-refractivity contribution >= 4 is 16.6 Å². The Kier molecular flexibility index (Phi) is 4.65. The molecule has 4 aromatic rings. The zero-order valence-electron chi connectivity index (χ0n) is 19.2. The highest BCUT2D eigenvalue weighted by atomic mass is 16.1. The average Bonchev–Trinajstić information content (AvgIpc) is 3.38. The number of tetrazole rings is 1. The van der Waals surface area contributed by atoms with Gasteiger partial charge in [-0.25, -0.2) is 4.68 Å². The third kappa shape index (κ3) is 3.28. The molecule has 1 aliphatic rings. The van der Waals surface area contributed by atoms with E-state index in [0.717, 1.165) is 35.1 Å². The number of aromatic amines is 1. The number of para-hydroxylation sites is 1. The van der Waals surface area contributed by atoms with Gasteiger partial charge in [0.25, 0.3) is 5.56 Å². The van der Waals surface area contributed by atoms with Crippen LogP contribution < -0.4 is 10.5 Å². The minimum absolute atomic E-state index is 0.112. The van der Waals surface area contributed by atoms with E-state index in [1.54, 1.807) is 0 Å². The molecule has 0 aliphatic carbocycles. The van der Waals surface area contributed by atoms with Gasteiger partial charge in [0.1, 0.15) is 6.04 Å². The van der Waals surface area contributed by atoms with Gasteiger partial charge in [0.2, 0.25) is 0 Å². The first-order valence-electron chi connectivity index (χ1n) is 11.0. The van der Waals surface area contributed by atoms with Gasteiger partial charge in [-0.05, 0) is 97.8 Å². The van der Waals surface area contributed by atoms with Crippen molar-refractivity contribution in [3.05, 3.63) is 80.9 Å². The molecule has 1 N–H and O–H groups in total. The fourth-order valence-electron chi connectivity index (χ4n) is 4.62. The lowest BCUT2D eigenvalue weighted by atomic mass is 10.00. The highest BCUT2D eigenvalue weighted by Gasteiger charge is 2.36. The number of pyridine rings is 1. The van der Waals surface area contributed by atoms with Crippen molar-refractivity contribution in [1.82, 2.24) is 25.2 Å². The van der Waals surface area contributed by atoms with Crippen molar-refractivity contribution in [2.75, 3.05) is 11.4 Å². The van der Waals surface area contributed by atoms with Crippen LogP contribution in [-0.2, 0) is 12.0 Å². The van der Waals surface area contributed by atoms with Crippen LogP contribution in [0.25, 0.3) is 10.9 Å². The molecular weight excluding hydrogens is 400 g/mol. The second-order valence-corrected chi connectivity index (χ2v) is 9.67. The van der Waals surface area contributed by atoms with Crippen molar-refractivity contribution in [3.8, 4) is 0 Å². The molecule has 0 radical (unpaired) electrons. The topological polar surface area (TPSA) is 79.7 Å². The van der Waals surface area contributed by atoms with Crippen LogP contribution in [0.15, 0.2) is 47.3 Å². The van der Waals surface area contributed by atoms with Crippen LogP contribution in [0.4, 0.5) is 5.69 Å². The van der Waals surface area contributed by atoms with Gasteiger partial charge in [-0.1, -0.05) is 18.2 Å². The molecule has 1 unspecified atom stereocenters. The highest BCUT2D eigenvalue weighted by Crippen LogP contribution is 2.38. The van der Waals surface area contributed by atoms with E-state index < -0.39 is 6.04 Å². The average molecular weight is 429 g/mol. The fraction of sp³-hybridized carbons (Fsp3) is 0.360. The first-order valence-corrected chi connectivity index (χ1v) is 11.0. The fourth-order valence-corrected chi connectivity index (χ4v) is 4.62. The Labute approximate surface area is 187 Å². The maximum Gasteiger partial charge on any atom is 0.254 e. The Morgan fingerprint density at radius 3 is 2.59 bits per heavy atom. The van der Waals surface area contributed by atoms with E-state index in [1.807, 2.05) is 22.9 Å². The van der Waals surface area contributed by atoms with E-state index in [9.17, 15) is 4.79 Å². The summed E-state index contributed by atoms with van der Waals surface area (Å²) in [6, 6.07) is 14.1. The minimum Gasteiger partial charge on any atom is -0.357 e. The van der Waals surface area contributed by atoms with E-state index in [4.69, 9.17) is 0 Å². The normalized spacial score (nSPS) is 14.7. The Bertz CT molecular complexity index is 1380. The third-order valence-corrected chi connectivity index (χ3v) is 6.39. The van der Waals surface area contributed by atoms with Gasteiger partial charge in [-0.2, -0.15) is 0 Å². The Hall–Kier alpha value is -3.48. The van der Waals surface area contributed by atoms with Crippen LogP contribution >= 0.6 is 0 Å². The number of hydrogen-bond donors (Lipinski definition) is 1. The molecule has 2 aromatic carbocycles. The van der Waals surface area contributed by atoms with Crippen LogP contribution in [0.1, 0.15) is 54.9 Å². The van der Waals surface area contributed by atoms with Gasteiger partial charge in [0.05, 0.1) is 5.54 Å². The maximum absolute atomic E-state index is 13.4. The van der Waals surface area contributed by atoms with Gasteiger partial charge in [-0.3, -0.25) is 4.79 Å². The summed E-state index contributed by atoms with van der Waals surface area (Å²) in [4.78, 5) is 18.8. The molecule has 7 nitrogen and oxygen atoms in total. The highest BCUT2D eigenvalue weighted by molar-refractivity contribution is 5.81. The molecule has 2 aromatic heterocycles. The second kappa shape index (κ2) is 7.29. The molecule has 7 heteroatoms. The molecule has 0 saturated heterocycles. The molecule has 1 aliphatic heterocycles. The number of nitrogens with one attached hydrogen (secondary N) is 1. The van der Waals surface area contributed by atoms with Crippen LogP contribution in [0.2, 0.25) is 0 Å². The summed E-state index contributed by atoms with van der Waals surface area (Å²) in [6.07, 6.45) is 0.924. The standard InChI is InChI=1S/C25H28N6O/c1-15-12-18-14-19(24(32)26-20(18)13-16(15)2)22(23-27-28-29-31(23)25(3,4)5)30-11-10-17-8-6-7-9-21(17)30/h6-9,12-14,22H,10-11H2,1-5H3,(H,26,32). The van der Waals surface area contributed by atoms with E-state index in [0.29, 0.717) is 11.4 Å². The van der Waals surface area contributed by atoms with Gasteiger partial charge < -0.3 is 9.88 Å². The van der Waals surface area contributed by atoms with Crippen LogP contribution in [0, 0.1) is 13.8 Å². The lowest BCUT2D eigenvalue weighted by Crippen LogP contribution is -2.37. The molecule has 1 atom stereocenters. The van der Waals surface area contributed by atoms with E-state index in [-0.39, 0.29) is 11.1 Å². The van der Waals surface area contributed by atoms with Gasteiger partial charge in [-0.15, -0.1) is 5.10 Å². The number of fused-ring (bicyclic) bond motifs is 2. The number of anilines is 1. The van der Waals surface area contributed by atoms with Crippen molar-refractivity contribution in [1.29, 1.82) is 0 Å². The Morgan fingerprint density at radius 1 is 1.06 bits per heavy atom. The summed E-state index contributed by atoms with van der Waals surface area (Å²) in [5.41, 5.74) is 5.81. The lowest BCUT2D eigenvalue weighted by Gasteiger charge is -2.31. The third-order valence-electron chi connectivity index (χ3n) is 6.39. The molecule has 164 valence electrons. The van der Waals surface area contributed by atoms with Crippen LogP contribution in [0.5, 0.6) is 0 Å². The van der Waals surface area contributed by atoms with E-state index in [1.165, 1.54) is 11.1 Å². The number of nitrogens with zero attached hydrogens (tertiary/aromatic N) is 5. The van der Waals surface area contributed by atoms with Crippen molar-refractivity contribution in [3.63, 3.8) is 0 Å². The summed E-state index contributed by atoms with van der Waals surface area (Å²) < 4.78 is 1.84. The smallest absolute Gasteiger partial charge is 0.254 e. The largest absolute Gasteiger partial charge is 0.357 e. The molecule has 5 rings (SSSR count). The molecule has 0 fully saturated rings. The van der Waals surface area contributed by atoms with E-state index in [2.05, 4.69) is 84.3 Å². The minimum atomic E-state index is -0.400. The van der Waals surface area contributed by atoms with Crippen LogP contribution in [0.3, 0.4) is 0 Å². The summed E-state index contributed by atoms with van der Waals surface area (Å²) in [7, 11) is 0. The molecule has 0 spiro atoms.